The summed E-state index contributed by atoms with van der Waals surface area (Å²) in [6, 6.07) is 0. The van der Waals surface area contributed by atoms with Gasteiger partial charge in [0.05, 0.1) is 13.2 Å². The lowest BCUT2D eigenvalue weighted by atomic mass is 9.46. The first-order valence-corrected chi connectivity index (χ1v) is 12.0. The van der Waals surface area contributed by atoms with Gasteiger partial charge in [-0.05, 0) is 61.4 Å². The molecule has 3 saturated carbocycles. The molecule has 32 heavy (non-hydrogen) atoms. The summed E-state index contributed by atoms with van der Waals surface area (Å²) in [6.07, 6.45) is 4.83. The van der Waals surface area contributed by atoms with Crippen molar-refractivity contribution in [3.8, 4) is 0 Å². The molecule has 0 heterocycles. The number of thiocarbonyl (C=S) groups is 1. The van der Waals surface area contributed by atoms with Crippen LogP contribution in [0.2, 0.25) is 0 Å². The molecule has 5 nitrogen and oxygen atoms in total. The van der Waals surface area contributed by atoms with Gasteiger partial charge in [0.2, 0.25) is 10.8 Å². The van der Waals surface area contributed by atoms with E-state index in [1.165, 1.54) is 13.2 Å². The molecule has 0 aromatic heterocycles. The molecule has 8 atom stereocenters. The number of halogens is 1. The molecule has 0 aliphatic heterocycles. The van der Waals surface area contributed by atoms with Crippen LogP contribution in [0.3, 0.4) is 0 Å². The van der Waals surface area contributed by atoms with E-state index in [2.05, 4.69) is 6.92 Å². The second-order valence-electron chi connectivity index (χ2n) is 10.5. The standard InChI is InChI=1S/C25H33FO5S/c1-6-19(29)31-25(22(32)30-5)13(2)11-16-14-7-8-15-21(26)17(27)9-10-23(15,3)20(14)18(28)12-24(16,25)4/h9-10,13-14,16,18,20,28H,6-8,11-12H2,1-5H3/t13-,14-,16-,18-,20+,23-,24-,25-/m0/s1. The van der Waals surface area contributed by atoms with E-state index in [-0.39, 0.29) is 41.1 Å². The third-order valence-electron chi connectivity index (χ3n) is 9.18. The van der Waals surface area contributed by atoms with Gasteiger partial charge in [-0.2, -0.15) is 0 Å². The van der Waals surface area contributed by atoms with Crippen molar-refractivity contribution in [2.75, 3.05) is 7.11 Å². The minimum atomic E-state index is -1.11. The molecule has 0 unspecified atom stereocenters. The highest BCUT2D eigenvalue weighted by Gasteiger charge is 2.72. The summed E-state index contributed by atoms with van der Waals surface area (Å²) in [6.45, 7) is 7.78. The largest absolute Gasteiger partial charge is 0.487 e. The molecule has 4 aliphatic carbocycles. The number of esters is 1. The number of ether oxygens (including phenoxy) is 2. The van der Waals surface area contributed by atoms with Crippen molar-refractivity contribution >= 4 is 29.0 Å². The van der Waals surface area contributed by atoms with Crippen molar-refractivity contribution < 1.29 is 28.6 Å². The fourth-order valence-corrected chi connectivity index (χ4v) is 8.30. The number of aliphatic hydroxyl groups excluding tert-OH is 1. The number of allylic oxidation sites excluding steroid dienone is 4. The summed E-state index contributed by atoms with van der Waals surface area (Å²) in [5.41, 5.74) is -1.93. The average Bonchev–Trinajstić information content (AvgIpc) is 2.97. The quantitative estimate of drug-likeness (QED) is 0.491. The fraction of sp³-hybridized carbons (Fsp3) is 0.720. The van der Waals surface area contributed by atoms with Crippen LogP contribution in [0, 0.1) is 34.5 Å². The summed E-state index contributed by atoms with van der Waals surface area (Å²) in [5.74, 6) is -1.72. The van der Waals surface area contributed by atoms with Crippen LogP contribution in [0.25, 0.3) is 0 Å². The molecule has 0 aromatic carbocycles. The van der Waals surface area contributed by atoms with E-state index in [4.69, 9.17) is 21.7 Å². The van der Waals surface area contributed by atoms with Crippen molar-refractivity contribution in [3.05, 3.63) is 23.6 Å². The zero-order valence-electron chi connectivity index (χ0n) is 19.4. The van der Waals surface area contributed by atoms with Gasteiger partial charge in [0.1, 0.15) is 0 Å². The molecular weight excluding hydrogens is 431 g/mol. The average molecular weight is 465 g/mol. The van der Waals surface area contributed by atoms with Crippen molar-refractivity contribution in [1.82, 2.24) is 0 Å². The Labute approximate surface area is 194 Å². The smallest absolute Gasteiger partial charge is 0.306 e. The summed E-state index contributed by atoms with van der Waals surface area (Å²) in [5, 5.41) is 11.8. The molecule has 4 aliphatic rings. The van der Waals surface area contributed by atoms with Gasteiger partial charge in [-0.15, -0.1) is 0 Å². The Kier molecular flexibility index (Phi) is 5.69. The van der Waals surface area contributed by atoms with Gasteiger partial charge in [0.15, 0.2) is 11.4 Å². The SMILES string of the molecule is CCC(=O)O[C@]1(C(=S)OC)[C@@H](C)C[C@H]2[C@@H]3CCC4=C(F)C(=O)C=C[C@]4(C)[C@H]3[C@@H](O)C[C@@]21C. The summed E-state index contributed by atoms with van der Waals surface area (Å²) in [7, 11) is 1.50. The topological polar surface area (TPSA) is 72.8 Å². The van der Waals surface area contributed by atoms with Gasteiger partial charge >= 0.3 is 5.97 Å². The molecule has 0 amide bonds. The van der Waals surface area contributed by atoms with Gasteiger partial charge < -0.3 is 14.6 Å². The van der Waals surface area contributed by atoms with Gasteiger partial charge in [0.25, 0.3) is 0 Å². The lowest BCUT2D eigenvalue weighted by molar-refractivity contribution is -0.186. The summed E-state index contributed by atoms with van der Waals surface area (Å²) < 4.78 is 26.5. The summed E-state index contributed by atoms with van der Waals surface area (Å²) in [4.78, 5) is 24.5. The lowest BCUT2D eigenvalue weighted by Crippen LogP contribution is -2.63. The number of rotatable bonds is 3. The van der Waals surface area contributed by atoms with Crippen LogP contribution in [0.1, 0.15) is 59.8 Å². The first kappa shape index (κ1) is 23.6. The zero-order valence-corrected chi connectivity index (χ0v) is 20.3. The molecule has 0 radical (unpaired) electrons. The van der Waals surface area contributed by atoms with Gasteiger partial charge in [-0.1, -0.05) is 33.8 Å². The Morgan fingerprint density at radius 1 is 1.38 bits per heavy atom. The van der Waals surface area contributed by atoms with Crippen LogP contribution in [-0.4, -0.2) is 40.7 Å². The first-order chi connectivity index (χ1) is 15.0. The van der Waals surface area contributed by atoms with E-state index in [9.17, 15) is 19.1 Å². The Hall–Kier alpha value is -1.60. The maximum Gasteiger partial charge on any atom is 0.306 e. The minimum Gasteiger partial charge on any atom is -0.487 e. The number of carbonyl (C=O) groups is 2. The molecule has 3 fully saturated rings. The second-order valence-corrected chi connectivity index (χ2v) is 10.9. The third kappa shape index (κ3) is 2.86. The highest BCUT2D eigenvalue weighted by Crippen LogP contribution is 2.69. The van der Waals surface area contributed by atoms with E-state index in [0.29, 0.717) is 24.8 Å². The maximum atomic E-state index is 14.8. The van der Waals surface area contributed by atoms with Gasteiger partial charge in [-0.25, -0.2) is 4.39 Å². The molecule has 7 heteroatoms. The first-order valence-electron chi connectivity index (χ1n) is 11.6. The van der Waals surface area contributed by atoms with E-state index < -0.39 is 34.1 Å². The normalized spacial score (nSPS) is 45.1. The van der Waals surface area contributed by atoms with Crippen LogP contribution in [0.15, 0.2) is 23.6 Å². The highest BCUT2D eigenvalue weighted by atomic mass is 32.1. The predicted molar refractivity (Wildman–Crippen MR) is 121 cm³/mol. The Morgan fingerprint density at radius 3 is 2.69 bits per heavy atom. The van der Waals surface area contributed by atoms with E-state index in [0.717, 1.165) is 6.42 Å². The van der Waals surface area contributed by atoms with Crippen LogP contribution in [0.5, 0.6) is 0 Å². The lowest BCUT2D eigenvalue weighted by Gasteiger charge is -2.60. The predicted octanol–water partition coefficient (Wildman–Crippen LogP) is 4.47. The highest BCUT2D eigenvalue weighted by molar-refractivity contribution is 7.80. The van der Waals surface area contributed by atoms with E-state index in [1.807, 2.05) is 13.8 Å². The van der Waals surface area contributed by atoms with Crippen molar-refractivity contribution in [3.63, 3.8) is 0 Å². The number of ketones is 1. The Bertz CT molecular complexity index is 927. The monoisotopic (exact) mass is 464 g/mol. The zero-order chi connectivity index (χ0) is 23.6. The molecule has 0 aromatic rings. The molecule has 4 rings (SSSR count). The molecule has 0 bridgehead atoms. The van der Waals surface area contributed by atoms with Gasteiger partial charge in [-0.3, -0.25) is 9.59 Å². The number of hydrogen-bond donors (Lipinski definition) is 1. The van der Waals surface area contributed by atoms with Crippen molar-refractivity contribution in [2.24, 2.45) is 34.5 Å². The molecule has 0 spiro atoms. The Morgan fingerprint density at radius 2 is 2.06 bits per heavy atom. The minimum absolute atomic E-state index is 0.0764. The second kappa shape index (κ2) is 7.73. The van der Waals surface area contributed by atoms with Crippen molar-refractivity contribution in [1.29, 1.82) is 0 Å². The van der Waals surface area contributed by atoms with Crippen LogP contribution in [0.4, 0.5) is 4.39 Å². The van der Waals surface area contributed by atoms with E-state index >= 15 is 0 Å². The molecule has 1 N–H and O–H groups in total. The van der Waals surface area contributed by atoms with Gasteiger partial charge in [0, 0.05) is 29.1 Å². The maximum absolute atomic E-state index is 14.8. The van der Waals surface area contributed by atoms with Crippen LogP contribution < -0.4 is 0 Å². The number of aliphatic hydroxyl groups is 1. The van der Waals surface area contributed by atoms with Crippen LogP contribution in [-0.2, 0) is 19.1 Å². The Balaban J connectivity index is 1.81. The number of fused-ring (bicyclic) bond motifs is 5. The number of methoxy groups -OCH3 is 1. The molecule has 176 valence electrons. The third-order valence-corrected chi connectivity index (χ3v) is 9.65. The number of hydrogen-bond acceptors (Lipinski definition) is 6. The number of carbonyl (C=O) groups excluding carboxylic acids is 2. The van der Waals surface area contributed by atoms with Crippen molar-refractivity contribution in [2.45, 2.75) is 71.5 Å². The van der Waals surface area contributed by atoms with Crippen LogP contribution >= 0.6 is 12.2 Å². The molecule has 0 saturated heterocycles. The fourth-order valence-electron chi connectivity index (χ4n) is 7.82. The molecular formula is C25H33FO5S. The summed E-state index contributed by atoms with van der Waals surface area (Å²) >= 11 is 5.65. The van der Waals surface area contributed by atoms with E-state index in [1.54, 1.807) is 13.0 Å².